The minimum atomic E-state index is -1.18. The van der Waals surface area contributed by atoms with Crippen LogP contribution in [0.1, 0.15) is 60.7 Å². The molecular formula is C25H26O4. The van der Waals surface area contributed by atoms with Crippen LogP contribution >= 0.6 is 0 Å². The van der Waals surface area contributed by atoms with Crippen LogP contribution in [0.3, 0.4) is 0 Å². The summed E-state index contributed by atoms with van der Waals surface area (Å²) in [7, 11) is 0. The summed E-state index contributed by atoms with van der Waals surface area (Å²) in [5, 5.41) is 20.3. The van der Waals surface area contributed by atoms with Gasteiger partial charge in [-0.25, -0.2) is 4.79 Å². The largest absolute Gasteiger partial charge is 0.506 e. The minimum Gasteiger partial charge on any atom is -0.506 e. The van der Waals surface area contributed by atoms with Crippen molar-refractivity contribution in [3.05, 3.63) is 76.4 Å². The average molecular weight is 390 g/mol. The molecule has 0 spiro atoms. The van der Waals surface area contributed by atoms with Gasteiger partial charge in [-0.05, 0) is 63.0 Å². The molecule has 2 aromatic carbocycles. The number of carboxylic acid groups (broad SMARTS) is 1. The quantitative estimate of drug-likeness (QED) is 0.457. The highest BCUT2D eigenvalue weighted by atomic mass is 16.5. The lowest BCUT2D eigenvalue weighted by Gasteiger charge is -2.32. The van der Waals surface area contributed by atoms with Crippen molar-refractivity contribution in [2.75, 3.05) is 0 Å². The molecule has 0 bridgehead atoms. The first-order valence-electron chi connectivity index (χ1n) is 9.67. The molecule has 0 fully saturated rings. The molecule has 1 heterocycles. The highest BCUT2D eigenvalue weighted by molar-refractivity contribution is 5.98. The Hall–Kier alpha value is -3.27. The maximum absolute atomic E-state index is 11.8. The van der Waals surface area contributed by atoms with Crippen molar-refractivity contribution in [1.82, 2.24) is 0 Å². The van der Waals surface area contributed by atoms with E-state index in [4.69, 9.17) is 4.74 Å². The maximum Gasteiger partial charge on any atom is 0.340 e. The number of aromatic carboxylic acids is 1. The Morgan fingerprint density at radius 2 is 1.90 bits per heavy atom. The van der Waals surface area contributed by atoms with Gasteiger partial charge >= 0.3 is 5.97 Å². The average Bonchev–Trinajstić information content (AvgIpc) is 2.66. The van der Waals surface area contributed by atoms with Gasteiger partial charge in [-0.1, -0.05) is 54.1 Å². The third-order valence-electron chi connectivity index (χ3n) is 4.94. The smallest absolute Gasteiger partial charge is 0.340 e. The Morgan fingerprint density at radius 3 is 2.55 bits per heavy atom. The minimum absolute atomic E-state index is 0.127. The molecule has 1 aliphatic rings. The number of ether oxygens (including phenoxy) is 1. The lowest BCUT2D eigenvalue weighted by Crippen LogP contribution is -2.31. The number of aromatic hydroxyl groups is 1. The molecule has 0 radical (unpaired) electrons. The van der Waals surface area contributed by atoms with E-state index in [0.29, 0.717) is 16.9 Å². The van der Waals surface area contributed by atoms with Crippen LogP contribution in [0.25, 0.3) is 18.2 Å². The van der Waals surface area contributed by atoms with E-state index in [1.807, 2.05) is 49.4 Å². The highest BCUT2D eigenvalue weighted by Crippen LogP contribution is 2.42. The summed E-state index contributed by atoms with van der Waals surface area (Å²) < 4.78 is 6.21. The fourth-order valence-electron chi connectivity index (χ4n) is 3.36. The molecule has 0 saturated heterocycles. The number of rotatable bonds is 6. The van der Waals surface area contributed by atoms with Crippen LogP contribution in [-0.2, 0) is 0 Å². The van der Waals surface area contributed by atoms with Crippen molar-refractivity contribution in [3.8, 4) is 11.5 Å². The van der Waals surface area contributed by atoms with Crippen LogP contribution in [-0.4, -0.2) is 21.8 Å². The molecule has 0 amide bonds. The zero-order valence-corrected chi connectivity index (χ0v) is 17.0. The van der Waals surface area contributed by atoms with Crippen molar-refractivity contribution in [1.29, 1.82) is 0 Å². The van der Waals surface area contributed by atoms with Crippen LogP contribution < -0.4 is 4.74 Å². The van der Waals surface area contributed by atoms with Gasteiger partial charge in [-0.2, -0.15) is 0 Å². The first-order chi connectivity index (χ1) is 13.8. The number of hydrogen-bond acceptors (Lipinski definition) is 3. The topological polar surface area (TPSA) is 66.8 Å². The summed E-state index contributed by atoms with van der Waals surface area (Å²) in [5.41, 5.74) is 2.35. The number of carbonyl (C=O) groups is 1. The molecule has 1 unspecified atom stereocenters. The van der Waals surface area contributed by atoms with E-state index < -0.39 is 11.6 Å². The molecule has 0 aliphatic carbocycles. The van der Waals surface area contributed by atoms with Crippen molar-refractivity contribution < 1.29 is 19.7 Å². The SMILES string of the molecule is CC(C)=CCCC1(C)C=Cc2c(cc(C=Cc3ccccc3)c(C(=O)O)c2O)O1. The van der Waals surface area contributed by atoms with Crippen molar-refractivity contribution in [2.24, 2.45) is 0 Å². The van der Waals surface area contributed by atoms with E-state index in [1.54, 1.807) is 18.2 Å². The summed E-state index contributed by atoms with van der Waals surface area (Å²) in [4.78, 5) is 11.8. The number of hydrogen-bond donors (Lipinski definition) is 2. The van der Waals surface area contributed by atoms with Gasteiger partial charge in [-0.15, -0.1) is 0 Å². The number of carboxylic acids is 1. The van der Waals surface area contributed by atoms with Crippen LogP contribution in [0.2, 0.25) is 0 Å². The zero-order chi connectivity index (χ0) is 21.0. The molecule has 150 valence electrons. The van der Waals surface area contributed by atoms with Crippen LogP contribution in [0.15, 0.2) is 54.1 Å². The summed E-state index contributed by atoms with van der Waals surface area (Å²) in [6.07, 6.45) is 11.0. The zero-order valence-electron chi connectivity index (χ0n) is 17.0. The van der Waals surface area contributed by atoms with Gasteiger partial charge in [0.2, 0.25) is 0 Å². The van der Waals surface area contributed by atoms with Gasteiger partial charge in [0.1, 0.15) is 22.7 Å². The summed E-state index contributed by atoms with van der Waals surface area (Å²) in [5.74, 6) is -0.962. The normalized spacial score (nSPS) is 17.6. The molecule has 0 aromatic heterocycles. The van der Waals surface area contributed by atoms with Gasteiger partial charge in [0.05, 0.1) is 5.56 Å². The van der Waals surface area contributed by atoms with E-state index in [-0.39, 0.29) is 11.3 Å². The first-order valence-corrected chi connectivity index (χ1v) is 9.67. The predicted molar refractivity (Wildman–Crippen MR) is 117 cm³/mol. The molecule has 4 heteroatoms. The molecule has 29 heavy (non-hydrogen) atoms. The van der Waals surface area contributed by atoms with Crippen LogP contribution in [0.4, 0.5) is 0 Å². The van der Waals surface area contributed by atoms with E-state index in [0.717, 1.165) is 18.4 Å². The van der Waals surface area contributed by atoms with E-state index >= 15 is 0 Å². The van der Waals surface area contributed by atoms with Gasteiger partial charge in [0.15, 0.2) is 0 Å². The van der Waals surface area contributed by atoms with Crippen molar-refractivity contribution in [3.63, 3.8) is 0 Å². The molecule has 4 nitrogen and oxygen atoms in total. The lowest BCUT2D eigenvalue weighted by atomic mass is 9.92. The highest BCUT2D eigenvalue weighted by Gasteiger charge is 2.30. The number of fused-ring (bicyclic) bond motifs is 1. The van der Waals surface area contributed by atoms with Gasteiger partial charge in [0, 0.05) is 0 Å². The maximum atomic E-state index is 11.8. The first kappa shape index (κ1) is 20.5. The Bertz CT molecular complexity index is 995. The van der Waals surface area contributed by atoms with E-state index in [1.165, 1.54) is 5.57 Å². The molecule has 1 atom stereocenters. The molecule has 2 N–H and O–H groups in total. The monoisotopic (exact) mass is 390 g/mol. The van der Waals surface area contributed by atoms with Gasteiger partial charge < -0.3 is 14.9 Å². The van der Waals surface area contributed by atoms with Crippen molar-refractivity contribution in [2.45, 2.75) is 39.2 Å². The standard InChI is InChI=1S/C25H26O4/c1-17(2)8-7-14-25(3)15-13-20-21(29-25)16-19(22(23(20)26)24(27)28)12-11-18-9-5-4-6-10-18/h4-6,8-13,15-16,26H,7,14H2,1-3H3,(H,27,28). The summed E-state index contributed by atoms with van der Waals surface area (Å²) >= 11 is 0. The second-order valence-electron chi connectivity index (χ2n) is 7.72. The summed E-state index contributed by atoms with van der Waals surface area (Å²) in [6, 6.07) is 11.3. The second kappa shape index (κ2) is 8.39. The predicted octanol–water partition coefficient (Wildman–Crippen LogP) is 6.17. The Morgan fingerprint density at radius 1 is 1.17 bits per heavy atom. The van der Waals surface area contributed by atoms with Crippen LogP contribution in [0, 0.1) is 0 Å². The summed E-state index contributed by atoms with van der Waals surface area (Å²) in [6.45, 7) is 6.12. The third-order valence-corrected chi connectivity index (χ3v) is 4.94. The van der Waals surface area contributed by atoms with Crippen LogP contribution in [0.5, 0.6) is 11.5 Å². The second-order valence-corrected chi connectivity index (χ2v) is 7.72. The van der Waals surface area contributed by atoms with Crippen molar-refractivity contribution >= 4 is 24.2 Å². The molecule has 3 rings (SSSR count). The molecular weight excluding hydrogens is 364 g/mol. The third kappa shape index (κ3) is 4.77. The Labute approximate surface area is 171 Å². The number of benzene rings is 2. The van der Waals surface area contributed by atoms with Gasteiger partial charge in [-0.3, -0.25) is 0 Å². The Balaban J connectivity index is 1.98. The molecule has 0 saturated carbocycles. The van der Waals surface area contributed by atoms with Gasteiger partial charge in [0.25, 0.3) is 0 Å². The number of allylic oxidation sites excluding steroid dienone is 2. The molecule has 1 aliphatic heterocycles. The lowest BCUT2D eigenvalue weighted by molar-refractivity contribution is 0.0693. The molecule has 2 aromatic rings. The Kier molecular flexibility index (Phi) is 5.92. The van der Waals surface area contributed by atoms with E-state index in [9.17, 15) is 15.0 Å². The number of phenols is 1. The fourth-order valence-corrected chi connectivity index (χ4v) is 3.36. The van der Waals surface area contributed by atoms with E-state index in [2.05, 4.69) is 19.9 Å². The fraction of sp³-hybridized carbons (Fsp3) is 0.240.